The second-order valence-electron chi connectivity index (χ2n) is 7.99. The summed E-state index contributed by atoms with van der Waals surface area (Å²) in [6.07, 6.45) is 1.75. The van der Waals surface area contributed by atoms with Crippen molar-refractivity contribution >= 4 is 17.5 Å². The monoisotopic (exact) mass is 434 g/mol. The third-order valence-corrected chi connectivity index (χ3v) is 5.63. The van der Waals surface area contributed by atoms with Gasteiger partial charge in [-0.15, -0.1) is 0 Å². The molecule has 0 radical (unpaired) electrons. The Morgan fingerprint density at radius 2 is 1.97 bits per heavy atom. The van der Waals surface area contributed by atoms with Crippen molar-refractivity contribution in [3.8, 4) is 17.1 Å². The maximum absolute atomic E-state index is 13.1. The molecule has 1 N–H and O–H groups in total. The molecule has 3 aromatic rings. The van der Waals surface area contributed by atoms with Crippen LogP contribution >= 0.6 is 0 Å². The van der Waals surface area contributed by atoms with E-state index in [1.807, 2.05) is 42.2 Å². The molecule has 2 heterocycles. The number of nitrogens with one attached hydrogen (secondary N) is 1. The lowest BCUT2D eigenvalue weighted by molar-refractivity contribution is -0.114. The van der Waals surface area contributed by atoms with Gasteiger partial charge in [-0.05, 0) is 67.8 Å². The number of hydrogen-bond acceptors (Lipinski definition) is 6. The third kappa shape index (κ3) is 4.64. The number of amides is 2. The minimum Gasteiger partial charge on any atom is -0.497 e. The Morgan fingerprint density at radius 1 is 1.19 bits per heavy atom. The molecule has 1 aliphatic heterocycles. The molecular formula is C24H26N4O4. The molecule has 1 aromatic heterocycles. The molecular weight excluding hydrogens is 408 g/mol. The molecule has 2 aromatic carbocycles. The van der Waals surface area contributed by atoms with Crippen LogP contribution in [0.3, 0.4) is 0 Å². The van der Waals surface area contributed by atoms with Crippen LogP contribution < -0.4 is 10.1 Å². The molecule has 8 nitrogen and oxygen atoms in total. The molecule has 0 bridgehead atoms. The van der Waals surface area contributed by atoms with Crippen LogP contribution in [0, 0.1) is 6.92 Å². The number of carbonyl (C=O) groups excluding carboxylic acids is 2. The van der Waals surface area contributed by atoms with Crippen molar-refractivity contribution < 1.29 is 18.8 Å². The number of nitrogens with zero attached hydrogens (tertiary/aromatic N) is 3. The number of piperidine rings is 1. The van der Waals surface area contributed by atoms with Crippen LogP contribution in [0.2, 0.25) is 0 Å². The third-order valence-electron chi connectivity index (χ3n) is 5.63. The van der Waals surface area contributed by atoms with Crippen LogP contribution in [-0.2, 0) is 4.79 Å². The predicted molar refractivity (Wildman–Crippen MR) is 120 cm³/mol. The Balaban J connectivity index is 1.46. The predicted octanol–water partition coefficient (Wildman–Crippen LogP) is 4.03. The molecule has 2 amide bonds. The minimum atomic E-state index is -0.124. The average Bonchev–Trinajstić information content (AvgIpc) is 3.29. The minimum absolute atomic E-state index is 0.00292. The van der Waals surface area contributed by atoms with E-state index in [0.717, 1.165) is 29.7 Å². The number of hydrogen-bond donors (Lipinski definition) is 1. The van der Waals surface area contributed by atoms with Crippen LogP contribution in [0.25, 0.3) is 11.4 Å². The second kappa shape index (κ2) is 9.21. The number of ether oxygens (including phenoxy) is 1. The Hall–Kier alpha value is -3.68. The van der Waals surface area contributed by atoms with Crippen molar-refractivity contribution in [3.63, 3.8) is 0 Å². The van der Waals surface area contributed by atoms with Crippen LogP contribution in [-0.4, -0.2) is 47.1 Å². The molecule has 1 fully saturated rings. The summed E-state index contributed by atoms with van der Waals surface area (Å²) in [5.74, 6) is 1.63. The van der Waals surface area contributed by atoms with Gasteiger partial charge >= 0.3 is 0 Å². The highest BCUT2D eigenvalue weighted by Crippen LogP contribution is 2.29. The van der Waals surface area contributed by atoms with Crippen LogP contribution in [0.5, 0.6) is 5.75 Å². The van der Waals surface area contributed by atoms with E-state index < -0.39 is 0 Å². The second-order valence-corrected chi connectivity index (χ2v) is 7.99. The Kier molecular flexibility index (Phi) is 6.20. The Morgan fingerprint density at radius 3 is 2.66 bits per heavy atom. The number of anilines is 1. The van der Waals surface area contributed by atoms with Crippen LogP contribution in [0.1, 0.15) is 47.5 Å². The molecule has 1 unspecified atom stereocenters. The van der Waals surface area contributed by atoms with Gasteiger partial charge in [0.25, 0.3) is 5.91 Å². The van der Waals surface area contributed by atoms with E-state index in [1.54, 1.807) is 19.2 Å². The van der Waals surface area contributed by atoms with Crippen molar-refractivity contribution in [2.45, 2.75) is 32.6 Å². The lowest BCUT2D eigenvalue weighted by Gasteiger charge is -2.31. The fourth-order valence-electron chi connectivity index (χ4n) is 3.96. The highest BCUT2D eigenvalue weighted by Gasteiger charge is 2.29. The van der Waals surface area contributed by atoms with Crippen molar-refractivity contribution in [3.05, 3.63) is 59.5 Å². The Bertz CT molecular complexity index is 1120. The molecule has 166 valence electrons. The number of rotatable bonds is 5. The average molecular weight is 434 g/mol. The highest BCUT2D eigenvalue weighted by molar-refractivity contribution is 5.96. The molecule has 32 heavy (non-hydrogen) atoms. The number of carbonyl (C=O) groups is 2. The lowest BCUT2D eigenvalue weighted by atomic mass is 9.96. The summed E-state index contributed by atoms with van der Waals surface area (Å²) in [5.41, 5.74) is 3.07. The first-order valence-electron chi connectivity index (χ1n) is 10.6. The highest BCUT2D eigenvalue weighted by atomic mass is 16.5. The van der Waals surface area contributed by atoms with Gasteiger partial charge < -0.3 is 19.5 Å². The van der Waals surface area contributed by atoms with Crippen molar-refractivity contribution in [1.29, 1.82) is 0 Å². The maximum Gasteiger partial charge on any atom is 0.254 e. The normalized spacial score (nSPS) is 16.0. The largest absolute Gasteiger partial charge is 0.497 e. The first-order valence-corrected chi connectivity index (χ1v) is 10.6. The molecule has 1 saturated heterocycles. The van der Waals surface area contributed by atoms with E-state index in [2.05, 4.69) is 15.5 Å². The van der Waals surface area contributed by atoms with Crippen molar-refractivity contribution in [1.82, 2.24) is 15.0 Å². The summed E-state index contributed by atoms with van der Waals surface area (Å²) in [7, 11) is 1.61. The summed E-state index contributed by atoms with van der Waals surface area (Å²) >= 11 is 0. The topological polar surface area (TPSA) is 97.6 Å². The molecule has 0 spiro atoms. The zero-order chi connectivity index (χ0) is 22.7. The first-order chi connectivity index (χ1) is 15.4. The van der Waals surface area contributed by atoms with Gasteiger partial charge in [0.1, 0.15) is 5.75 Å². The van der Waals surface area contributed by atoms with E-state index in [-0.39, 0.29) is 17.7 Å². The maximum atomic E-state index is 13.1. The summed E-state index contributed by atoms with van der Waals surface area (Å²) in [6, 6.07) is 12.8. The summed E-state index contributed by atoms with van der Waals surface area (Å²) < 4.78 is 10.8. The van der Waals surface area contributed by atoms with Gasteiger partial charge in [-0.2, -0.15) is 4.98 Å². The van der Waals surface area contributed by atoms with E-state index in [1.165, 1.54) is 6.92 Å². The SMILES string of the molecule is COc1ccc(C(=O)N2CCCC(c3nc(-c4ccc(NC(C)=O)cc4)no3)C2)c(C)c1. The molecule has 4 rings (SSSR count). The quantitative estimate of drug-likeness (QED) is 0.651. The van der Waals surface area contributed by atoms with Crippen molar-refractivity contribution in [2.75, 3.05) is 25.5 Å². The summed E-state index contributed by atoms with van der Waals surface area (Å²) in [4.78, 5) is 30.7. The summed E-state index contributed by atoms with van der Waals surface area (Å²) in [5, 5.41) is 6.85. The van der Waals surface area contributed by atoms with E-state index in [9.17, 15) is 9.59 Å². The van der Waals surface area contributed by atoms with Crippen molar-refractivity contribution in [2.24, 2.45) is 0 Å². The molecule has 8 heteroatoms. The fraction of sp³-hybridized carbons (Fsp3) is 0.333. The number of aryl methyl sites for hydroxylation is 1. The number of benzene rings is 2. The van der Waals surface area contributed by atoms with Gasteiger partial charge in [-0.1, -0.05) is 5.16 Å². The number of aromatic nitrogens is 2. The van der Waals surface area contributed by atoms with E-state index in [4.69, 9.17) is 9.26 Å². The van der Waals surface area contributed by atoms with Gasteiger partial charge in [0.05, 0.1) is 13.0 Å². The molecule has 1 aliphatic rings. The fourth-order valence-corrected chi connectivity index (χ4v) is 3.96. The van der Waals surface area contributed by atoms with Gasteiger partial charge in [0, 0.05) is 36.8 Å². The van der Waals surface area contributed by atoms with Crippen LogP contribution in [0.15, 0.2) is 47.0 Å². The molecule has 0 saturated carbocycles. The van der Waals surface area contributed by atoms with Crippen LogP contribution in [0.4, 0.5) is 5.69 Å². The standard InChI is InChI=1S/C24H26N4O4/c1-15-13-20(31-3)10-11-21(15)24(30)28-12-4-5-18(14-28)23-26-22(27-32-23)17-6-8-19(9-7-17)25-16(2)29/h6-11,13,18H,4-5,12,14H2,1-3H3,(H,25,29). The Labute approximate surface area is 186 Å². The summed E-state index contributed by atoms with van der Waals surface area (Å²) in [6.45, 7) is 4.62. The zero-order valence-electron chi connectivity index (χ0n) is 18.4. The first kappa shape index (κ1) is 21.5. The molecule has 0 aliphatic carbocycles. The zero-order valence-corrected chi connectivity index (χ0v) is 18.4. The van der Waals surface area contributed by atoms with Gasteiger partial charge in [-0.25, -0.2) is 0 Å². The van der Waals surface area contributed by atoms with E-state index >= 15 is 0 Å². The van der Waals surface area contributed by atoms with Gasteiger partial charge in [-0.3, -0.25) is 9.59 Å². The molecule has 1 atom stereocenters. The van der Waals surface area contributed by atoms with Gasteiger partial charge in [0.2, 0.25) is 17.6 Å². The lowest BCUT2D eigenvalue weighted by Crippen LogP contribution is -2.39. The van der Waals surface area contributed by atoms with E-state index in [0.29, 0.717) is 36.1 Å². The number of likely N-dealkylation sites (tertiary alicyclic amines) is 1. The number of methoxy groups -OCH3 is 1. The smallest absolute Gasteiger partial charge is 0.254 e. The van der Waals surface area contributed by atoms with Gasteiger partial charge in [0.15, 0.2) is 0 Å².